The van der Waals surface area contributed by atoms with E-state index in [0.717, 1.165) is 6.07 Å². The summed E-state index contributed by atoms with van der Waals surface area (Å²) in [6, 6.07) is 3.88. The summed E-state index contributed by atoms with van der Waals surface area (Å²) < 4.78 is 9.40. The van der Waals surface area contributed by atoms with Crippen LogP contribution in [-0.2, 0) is 9.53 Å². The molecule has 0 aliphatic rings. The highest BCUT2D eigenvalue weighted by Gasteiger charge is 2.20. The molecule has 0 heterocycles. The molecule has 0 amide bonds. The number of carbonyl (C=O) groups is 2. The van der Waals surface area contributed by atoms with E-state index in [2.05, 4.69) is 4.74 Å². The highest BCUT2D eigenvalue weighted by molar-refractivity contribution is 5.98. The van der Waals surface area contributed by atoms with Gasteiger partial charge >= 0.3 is 11.7 Å². The summed E-state index contributed by atoms with van der Waals surface area (Å²) in [5.41, 5.74) is -0.127. The lowest BCUT2D eigenvalue weighted by Gasteiger charge is -2.08. The van der Waals surface area contributed by atoms with Crippen LogP contribution in [0.15, 0.2) is 18.2 Å². The molecule has 0 aromatic heterocycles. The Balaban J connectivity index is 3.05. The maximum absolute atomic E-state index is 11.8. The Morgan fingerprint density at radius 2 is 2.00 bits per heavy atom. The van der Waals surface area contributed by atoms with E-state index >= 15 is 0 Å². The molecular weight excluding hydrogens is 266 g/mol. The molecule has 0 fully saturated rings. The van der Waals surface area contributed by atoms with Gasteiger partial charge in [-0.3, -0.25) is 14.9 Å². The molecule has 0 N–H and O–H groups in total. The Kier molecular flexibility index (Phi) is 5.19. The van der Waals surface area contributed by atoms with Gasteiger partial charge in [-0.25, -0.2) is 4.79 Å². The van der Waals surface area contributed by atoms with Gasteiger partial charge in [-0.15, -0.1) is 0 Å². The molecule has 1 rings (SSSR count). The van der Waals surface area contributed by atoms with E-state index < -0.39 is 17.5 Å². The molecular formula is C13H15NO6. The third-order valence-electron chi connectivity index (χ3n) is 2.54. The van der Waals surface area contributed by atoms with Crippen molar-refractivity contribution in [3.05, 3.63) is 33.9 Å². The van der Waals surface area contributed by atoms with Gasteiger partial charge in [-0.2, -0.15) is 0 Å². The number of hydrogen-bond donors (Lipinski definition) is 0. The first-order valence-electron chi connectivity index (χ1n) is 5.89. The van der Waals surface area contributed by atoms with E-state index in [9.17, 15) is 19.7 Å². The minimum Gasteiger partial charge on any atom is -0.475 e. The van der Waals surface area contributed by atoms with E-state index in [-0.39, 0.29) is 28.7 Å². The van der Waals surface area contributed by atoms with Crippen LogP contribution in [0.4, 0.5) is 5.69 Å². The molecule has 0 spiro atoms. The van der Waals surface area contributed by atoms with Crippen LogP contribution >= 0.6 is 0 Å². The summed E-state index contributed by atoms with van der Waals surface area (Å²) in [6.45, 7) is 2.97. The van der Waals surface area contributed by atoms with Crippen molar-refractivity contribution >= 4 is 17.4 Å². The van der Waals surface area contributed by atoms with Crippen LogP contribution in [0, 0.1) is 16.0 Å². The Hall–Kier alpha value is -2.44. The zero-order valence-electron chi connectivity index (χ0n) is 11.4. The van der Waals surface area contributed by atoms with Crippen molar-refractivity contribution < 1.29 is 24.0 Å². The fourth-order valence-corrected chi connectivity index (χ4v) is 1.46. The first-order valence-corrected chi connectivity index (χ1v) is 5.89. The number of methoxy groups -OCH3 is 1. The van der Waals surface area contributed by atoms with Gasteiger partial charge in [0.25, 0.3) is 0 Å². The van der Waals surface area contributed by atoms with E-state index in [1.165, 1.54) is 19.2 Å². The molecule has 0 bridgehead atoms. The zero-order valence-corrected chi connectivity index (χ0v) is 11.4. The van der Waals surface area contributed by atoms with Crippen molar-refractivity contribution in [2.45, 2.75) is 13.8 Å². The molecule has 108 valence electrons. The van der Waals surface area contributed by atoms with E-state index in [1.54, 1.807) is 13.8 Å². The van der Waals surface area contributed by atoms with Crippen LogP contribution in [0.25, 0.3) is 0 Å². The molecule has 0 saturated heterocycles. The molecule has 7 nitrogen and oxygen atoms in total. The van der Waals surface area contributed by atoms with E-state index in [0.29, 0.717) is 0 Å². The minimum absolute atomic E-state index is 0.0827. The fourth-order valence-electron chi connectivity index (χ4n) is 1.46. The van der Waals surface area contributed by atoms with Crippen molar-refractivity contribution in [1.29, 1.82) is 0 Å². The summed E-state index contributed by atoms with van der Waals surface area (Å²) >= 11 is 0. The fraction of sp³-hybridized carbons (Fsp3) is 0.385. The second-order valence-corrected chi connectivity index (χ2v) is 4.32. The maximum Gasteiger partial charge on any atom is 0.343 e. The first kappa shape index (κ1) is 15.6. The van der Waals surface area contributed by atoms with Crippen LogP contribution in [0.2, 0.25) is 0 Å². The average Bonchev–Trinajstić information content (AvgIpc) is 2.43. The summed E-state index contributed by atoms with van der Waals surface area (Å²) in [6.07, 6.45) is 0. The smallest absolute Gasteiger partial charge is 0.343 e. The van der Waals surface area contributed by atoms with Crippen LogP contribution in [0.1, 0.15) is 24.2 Å². The highest BCUT2D eigenvalue weighted by Crippen LogP contribution is 2.28. The second kappa shape index (κ2) is 6.65. The van der Waals surface area contributed by atoms with Crippen LogP contribution in [0.5, 0.6) is 5.75 Å². The number of hydrogen-bond acceptors (Lipinski definition) is 6. The highest BCUT2D eigenvalue weighted by atomic mass is 16.6. The lowest BCUT2D eigenvalue weighted by molar-refractivity contribution is -0.385. The van der Waals surface area contributed by atoms with Gasteiger partial charge in [-0.05, 0) is 12.1 Å². The number of Topliss-reactive ketones (excluding diaryl/α,β-unsaturated/α-hetero) is 1. The van der Waals surface area contributed by atoms with Gasteiger partial charge in [0.15, 0.2) is 18.1 Å². The summed E-state index contributed by atoms with van der Waals surface area (Å²) in [4.78, 5) is 33.1. The number of esters is 1. The quantitative estimate of drug-likeness (QED) is 0.342. The Bertz CT molecular complexity index is 538. The SMILES string of the molecule is COC(=O)COc1ccc(C(=O)C(C)C)cc1[N+](=O)[O-]. The van der Waals surface area contributed by atoms with Gasteiger partial charge in [0.1, 0.15) is 0 Å². The van der Waals surface area contributed by atoms with Crippen LogP contribution in [0.3, 0.4) is 0 Å². The number of ketones is 1. The van der Waals surface area contributed by atoms with Crippen LogP contribution < -0.4 is 4.74 Å². The maximum atomic E-state index is 11.8. The van der Waals surface area contributed by atoms with Crippen molar-refractivity contribution in [3.8, 4) is 5.75 Å². The summed E-state index contributed by atoms with van der Waals surface area (Å²) in [5.74, 6) is -1.20. The molecule has 0 atom stereocenters. The third kappa shape index (κ3) is 3.78. The Morgan fingerprint density at radius 3 is 2.50 bits per heavy atom. The monoisotopic (exact) mass is 281 g/mol. The standard InChI is InChI=1S/C13H15NO6/c1-8(2)13(16)9-4-5-11(10(6-9)14(17)18)20-7-12(15)19-3/h4-6,8H,7H2,1-3H3. The number of nitro groups is 1. The first-order chi connectivity index (χ1) is 9.36. The lowest BCUT2D eigenvalue weighted by Crippen LogP contribution is -2.14. The van der Waals surface area contributed by atoms with Crippen molar-refractivity contribution in [1.82, 2.24) is 0 Å². The largest absolute Gasteiger partial charge is 0.475 e. The summed E-state index contributed by atoms with van der Waals surface area (Å²) in [5, 5.41) is 11.0. The van der Waals surface area contributed by atoms with Crippen molar-refractivity contribution in [3.63, 3.8) is 0 Å². The third-order valence-corrected chi connectivity index (χ3v) is 2.54. The topological polar surface area (TPSA) is 95.7 Å². The molecule has 0 aliphatic heterocycles. The minimum atomic E-state index is -0.663. The molecule has 7 heteroatoms. The number of ether oxygens (including phenoxy) is 2. The second-order valence-electron chi connectivity index (χ2n) is 4.32. The molecule has 1 aromatic carbocycles. The van der Waals surface area contributed by atoms with Crippen molar-refractivity contribution in [2.75, 3.05) is 13.7 Å². The van der Waals surface area contributed by atoms with E-state index in [4.69, 9.17) is 4.74 Å². The number of nitro benzene ring substituents is 1. The number of rotatable bonds is 6. The number of benzene rings is 1. The molecule has 0 aliphatic carbocycles. The lowest BCUT2D eigenvalue weighted by atomic mass is 10.0. The molecule has 1 aromatic rings. The molecule has 0 unspecified atom stereocenters. The average molecular weight is 281 g/mol. The Labute approximate surface area is 115 Å². The van der Waals surface area contributed by atoms with Crippen molar-refractivity contribution in [2.24, 2.45) is 5.92 Å². The van der Waals surface area contributed by atoms with Gasteiger partial charge in [-0.1, -0.05) is 13.8 Å². The molecule has 0 saturated carbocycles. The predicted octanol–water partition coefficient (Wildman–Crippen LogP) is 1.99. The number of carbonyl (C=O) groups excluding carboxylic acids is 2. The predicted molar refractivity (Wildman–Crippen MR) is 69.8 cm³/mol. The van der Waals surface area contributed by atoms with Crippen LogP contribution in [-0.4, -0.2) is 30.4 Å². The van der Waals surface area contributed by atoms with E-state index in [1.807, 2.05) is 0 Å². The number of nitrogens with zero attached hydrogens (tertiary/aromatic N) is 1. The van der Waals surface area contributed by atoms with Gasteiger partial charge in [0.2, 0.25) is 0 Å². The van der Waals surface area contributed by atoms with Gasteiger partial charge in [0.05, 0.1) is 12.0 Å². The van der Waals surface area contributed by atoms with Gasteiger partial charge < -0.3 is 9.47 Å². The molecule has 0 radical (unpaired) electrons. The van der Waals surface area contributed by atoms with Gasteiger partial charge in [0, 0.05) is 17.5 Å². The molecule has 20 heavy (non-hydrogen) atoms. The summed E-state index contributed by atoms with van der Waals surface area (Å²) in [7, 11) is 1.19. The zero-order chi connectivity index (χ0) is 15.3. The Morgan fingerprint density at radius 1 is 1.35 bits per heavy atom. The normalized spacial score (nSPS) is 10.2.